The van der Waals surface area contributed by atoms with Crippen LogP contribution in [0.3, 0.4) is 0 Å². The molecule has 2 aliphatic rings. The summed E-state index contributed by atoms with van der Waals surface area (Å²) in [6, 6.07) is 0. The smallest absolute Gasteiger partial charge is 0.0718 e. The van der Waals surface area contributed by atoms with Crippen LogP contribution in [0.5, 0.6) is 0 Å². The molecular weight excluding hydrogens is 236 g/mol. The zero-order valence-electron chi connectivity index (χ0n) is 12.9. The molecule has 0 aromatic rings. The molecule has 0 saturated carbocycles. The van der Waals surface area contributed by atoms with Gasteiger partial charge in [0, 0.05) is 19.6 Å². The number of likely N-dealkylation sites (tertiary alicyclic amines) is 2. The van der Waals surface area contributed by atoms with Crippen molar-refractivity contribution in [2.75, 3.05) is 39.3 Å². The van der Waals surface area contributed by atoms with E-state index in [9.17, 15) is 5.11 Å². The molecule has 0 aliphatic carbocycles. The third-order valence-corrected chi connectivity index (χ3v) is 4.43. The zero-order valence-corrected chi connectivity index (χ0v) is 12.9. The third-order valence-electron chi connectivity index (χ3n) is 4.43. The zero-order chi connectivity index (χ0) is 13.7. The lowest BCUT2D eigenvalue weighted by atomic mass is 9.96. The van der Waals surface area contributed by atoms with Gasteiger partial charge < -0.3 is 14.9 Å². The first-order valence-corrected chi connectivity index (χ1v) is 8.20. The van der Waals surface area contributed by atoms with Gasteiger partial charge in [-0.05, 0) is 65.1 Å². The standard InChI is InChI=1S/C16H32N2O/c1-16(2,19)14-18-11-7-8-15(13-18)12-17-9-5-3-4-6-10-17/h15,19H,3-14H2,1-2H3. The minimum atomic E-state index is -0.551. The van der Waals surface area contributed by atoms with Crippen molar-refractivity contribution in [2.24, 2.45) is 5.92 Å². The van der Waals surface area contributed by atoms with Crippen molar-refractivity contribution in [3.8, 4) is 0 Å². The second-order valence-corrected chi connectivity index (χ2v) is 7.27. The van der Waals surface area contributed by atoms with Gasteiger partial charge in [0.05, 0.1) is 5.60 Å². The van der Waals surface area contributed by atoms with Gasteiger partial charge in [0.15, 0.2) is 0 Å². The summed E-state index contributed by atoms with van der Waals surface area (Å²) in [6.45, 7) is 10.9. The Kier molecular flexibility index (Phi) is 5.67. The summed E-state index contributed by atoms with van der Waals surface area (Å²) in [6.07, 6.45) is 8.30. The van der Waals surface area contributed by atoms with E-state index in [1.807, 2.05) is 13.8 Å². The number of rotatable bonds is 4. The molecule has 3 heteroatoms. The fourth-order valence-corrected chi connectivity index (χ4v) is 3.68. The molecular formula is C16H32N2O. The summed E-state index contributed by atoms with van der Waals surface area (Å²) >= 11 is 0. The average Bonchev–Trinajstić information content (AvgIpc) is 2.56. The Bertz CT molecular complexity index is 254. The summed E-state index contributed by atoms with van der Waals surface area (Å²) in [5.74, 6) is 0.814. The highest BCUT2D eigenvalue weighted by Crippen LogP contribution is 2.21. The number of hydrogen-bond donors (Lipinski definition) is 1. The lowest BCUT2D eigenvalue weighted by Gasteiger charge is -2.37. The quantitative estimate of drug-likeness (QED) is 0.848. The number of piperidine rings is 1. The van der Waals surface area contributed by atoms with Crippen LogP contribution in [0.15, 0.2) is 0 Å². The van der Waals surface area contributed by atoms with Gasteiger partial charge in [-0.25, -0.2) is 0 Å². The average molecular weight is 268 g/mol. The molecule has 0 aromatic carbocycles. The molecule has 2 heterocycles. The molecule has 1 N–H and O–H groups in total. The predicted octanol–water partition coefficient (Wildman–Crippen LogP) is 2.35. The summed E-state index contributed by atoms with van der Waals surface area (Å²) in [7, 11) is 0. The molecule has 0 spiro atoms. The Labute approximate surface area is 119 Å². The predicted molar refractivity (Wildman–Crippen MR) is 80.4 cm³/mol. The normalized spacial score (nSPS) is 28.3. The summed E-state index contributed by atoms with van der Waals surface area (Å²) in [4.78, 5) is 5.15. The van der Waals surface area contributed by atoms with Gasteiger partial charge in [-0.1, -0.05) is 12.8 Å². The number of nitrogens with zero attached hydrogens (tertiary/aromatic N) is 2. The van der Waals surface area contributed by atoms with Crippen LogP contribution < -0.4 is 0 Å². The van der Waals surface area contributed by atoms with Crippen LogP contribution >= 0.6 is 0 Å². The maximum absolute atomic E-state index is 9.96. The number of β-amino-alcohol motifs (C(OH)–C–C–N with tert-alkyl or cyclic N) is 1. The van der Waals surface area contributed by atoms with Crippen molar-refractivity contribution in [2.45, 2.75) is 58.0 Å². The molecule has 2 rings (SSSR count). The Balaban J connectivity index is 1.76. The first-order chi connectivity index (χ1) is 9.03. The van der Waals surface area contributed by atoms with Crippen molar-refractivity contribution in [1.82, 2.24) is 9.80 Å². The second-order valence-electron chi connectivity index (χ2n) is 7.27. The van der Waals surface area contributed by atoms with E-state index < -0.39 is 5.60 Å². The van der Waals surface area contributed by atoms with Gasteiger partial charge in [-0.15, -0.1) is 0 Å². The first kappa shape index (κ1) is 15.3. The molecule has 1 atom stereocenters. The van der Waals surface area contributed by atoms with Crippen molar-refractivity contribution in [3.63, 3.8) is 0 Å². The van der Waals surface area contributed by atoms with E-state index in [-0.39, 0.29) is 0 Å². The van der Waals surface area contributed by atoms with Crippen LogP contribution in [0, 0.1) is 5.92 Å². The Morgan fingerprint density at radius 3 is 2.21 bits per heavy atom. The van der Waals surface area contributed by atoms with Crippen LogP contribution in [-0.4, -0.2) is 59.8 Å². The van der Waals surface area contributed by atoms with Crippen LogP contribution in [0.25, 0.3) is 0 Å². The molecule has 0 radical (unpaired) electrons. The fourth-order valence-electron chi connectivity index (χ4n) is 3.68. The molecule has 3 nitrogen and oxygen atoms in total. The third kappa shape index (κ3) is 5.80. The van der Waals surface area contributed by atoms with Crippen molar-refractivity contribution in [1.29, 1.82) is 0 Å². The maximum Gasteiger partial charge on any atom is 0.0718 e. The molecule has 2 saturated heterocycles. The van der Waals surface area contributed by atoms with Gasteiger partial charge in [0.1, 0.15) is 0 Å². The van der Waals surface area contributed by atoms with Gasteiger partial charge in [0.2, 0.25) is 0 Å². The van der Waals surface area contributed by atoms with Crippen LogP contribution in [-0.2, 0) is 0 Å². The minimum Gasteiger partial charge on any atom is -0.389 e. The summed E-state index contributed by atoms with van der Waals surface area (Å²) in [5.41, 5.74) is -0.551. The van der Waals surface area contributed by atoms with Crippen molar-refractivity contribution in [3.05, 3.63) is 0 Å². The number of aliphatic hydroxyl groups is 1. The summed E-state index contributed by atoms with van der Waals surface area (Å²) < 4.78 is 0. The fraction of sp³-hybridized carbons (Fsp3) is 1.00. The molecule has 0 bridgehead atoms. The molecule has 2 aliphatic heterocycles. The lowest BCUT2D eigenvalue weighted by molar-refractivity contribution is 0.0179. The van der Waals surface area contributed by atoms with Crippen LogP contribution in [0.1, 0.15) is 52.4 Å². The van der Waals surface area contributed by atoms with Gasteiger partial charge >= 0.3 is 0 Å². The van der Waals surface area contributed by atoms with Crippen molar-refractivity contribution < 1.29 is 5.11 Å². The van der Waals surface area contributed by atoms with Crippen LogP contribution in [0.2, 0.25) is 0 Å². The largest absolute Gasteiger partial charge is 0.389 e. The van der Waals surface area contributed by atoms with Crippen molar-refractivity contribution >= 4 is 0 Å². The maximum atomic E-state index is 9.96. The molecule has 0 aromatic heterocycles. The Morgan fingerprint density at radius 1 is 0.947 bits per heavy atom. The molecule has 0 amide bonds. The SMILES string of the molecule is CC(C)(O)CN1CCCC(CN2CCCCCC2)C1. The van der Waals surface area contributed by atoms with E-state index in [0.717, 1.165) is 12.5 Å². The molecule has 1 unspecified atom stereocenters. The van der Waals surface area contributed by atoms with E-state index in [0.29, 0.717) is 0 Å². The highest BCUT2D eigenvalue weighted by Gasteiger charge is 2.25. The lowest BCUT2D eigenvalue weighted by Crippen LogP contribution is -2.46. The van der Waals surface area contributed by atoms with E-state index in [1.54, 1.807) is 0 Å². The number of hydrogen-bond acceptors (Lipinski definition) is 3. The molecule has 19 heavy (non-hydrogen) atoms. The van der Waals surface area contributed by atoms with E-state index in [2.05, 4.69) is 9.80 Å². The Hall–Kier alpha value is -0.120. The van der Waals surface area contributed by atoms with E-state index >= 15 is 0 Å². The molecule has 2 fully saturated rings. The molecule has 112 valence electrons. The Morgan fingerprint density at radius 2 is 1.58 bits per heavy atom. The highest BCUT2D eigenvalue weighted by molar-refractivity contribution is 4.80. The van der Waals surface area contributed by atoms with E-state index in [4.69, 9.17) is 0 Å². The van der Waals surface area contributed by atoms with Crippen LogP contribution in [0.4, 0.5) is 0 Å². The first-order valence-electron chi connectivity index (χ1n) is 8.20. The summed E-state index contributed by atoms with van der Waals surface area (Å²) in [5, 5.41) is 9.96. The van der Waals surface area contributed by atoms with E-state index in [1.165, 1.54) is 71.2 Å². The minimum absolute atomic E-state index is 0.551. The van der Waals surface area contributed by atoms with Gasteiger partial charge in [-0.3, -0.25) is 0 Å². The monoisotopic (exact) mass is 268 g/mol. The highest BCUT2D eigenvalue weighted by atomic mass is 16.3. The second kappa shape index (κ2) is 7.05. The van der Waals surface area contributed by atoms with Gasteiger partial charge in [-0.2, -0.15) is 0 Å². The van der Waals surface area contributed by atoms with Gasteiger partial charge in [0.25, 0.3) is 0 Å². The topological polar surface area (TPSA) is 26.7 Å².